The van der Waals surface area contributed by atoms with Crippen LogP contribution < -0.4 is 10.0 Å². The van der Waals surface area contributed by atoms with E-state index in [1.807, 2.05) is 6.92 Å². The normalized spacial score (nSPS) is 11.5. The molecule has 0 spiro atoms. The van der Waals surface area contributed by atoms with Gasteiger partial charge in [-0.05, 0) is 13.3 Å². The molecule has 1 heterocycles. The molecule has 1 amide bonds. The van der Waals surface area contributed by atoms with Crippen LogP contribution in [0, 0.1) is 0 Å². The fourth-order valence-corrected chi connectivity index (χ4v) is 3.17. The molecule has 19 heavy (non-hydrogen) atoms. The second-order valence-corrected chi connectivity index (χ2v) is 6.42. The van der Waals surface area contributed by atoms with Gasteiger partial charge in [-0.3, -0.25) is 4.79 Å². The highest BCUT2D eigenvalue weighted by Crippen LogP contribution is 2.19. The summed E-state index contributed by atoms with van der Waals surface area (Å²) in [6.45, 7) is 4.53. The third-order valence-electron chi connectivity index (χ3n) is 1.88. The van der Waals surface area contributed by atoms with Crippen molar-refractivity contribution in [1.29, 1.82) is 0 Å². The summed E-state index contributed by atoms with van der Waals surface area (Å²) in [4.78, 5) is 10.8. The van der Waals surface area contributed by atoms with Gasteiger partial charge in [-0.2, -0.15) is 0 Å². The first-order valence-corrected chi connectivity index (χ1v) is 7.94. The molecule has 0 unspecified atom stereocenters. The average molecular weight is 308 g/mol. The number of ether oxygens (including phenoxy) is 1. The number of hydrogen-bond acceptors (Lipinski definition) is 7. The Morgan fingerprint density at radius 1 is 1.42 bits per heavy atom. The molecule has 0 saturated heterocycles. The zero-order valence-corrected chi connectivity index (χ0v) is 12.3. The predicted octanol–water partition coefficient (Wildman–Crippen LogP) is 0.201. The molecule has 10 heteroatoms. The van der Waals surface area contributed by atoms with Gasteiger partial charge in [-0.1, -0.05) is 11.3 Å². The number of sulfonamides is 1. The molecule has 0 aliphatic rings. The molecule has 1 rings (SSSR count). The van der Waals surface area contributed by atoms with Gasteiger partial charge in [0.25, 0.3) is 10.0 Å². The van der Waals surface area contributed by atoms with Crippen LogP contribution in [0.25, 0.3) is 0 Å². The summed E-state index contributed by atoms with van der Waals surface area (Å²) in [5.41, 5.74) is 0. The fourth-order valence-electron chi connectivity index (χ4n) is 1.11. The average Bonchev–Trinajstić information content (AvgIpc) is 2.77. The first-order valence-electron chi connectivity index (χ1n) is 5.64. The van der Waals surface area contributed by atoms with Crippen LogP contribution in [0.5, 0.6) is 0 Å². The van der Waals surface area contributed by atoms with Gasteiger partial charge < -0.3 is 10.1 Å². The van der Waals surface area contributed by atoms with Gasteiger partial charge in [0.1, 0.15) is 0 Å². The Bertz CT molecular complexity index is 514. The number of nitrogens with zero attached hydrogens (tertiary/aromatic N) is 2. The van der Waals surface area contributed by atoms with E-state index in [2.05, 4.69) is 20.2 Å². The molecule has 0 saturated carbocycles. The van der Waals surface area contributed by atoms with E-state index >= 15 is 0 Å². The van der Waals surface area contributed by atoms with Crippen LogP contribution >= 0.6 is 11.3 Å². The SMILES string of the molecule is CCOCCCNS(=O)(=O)c1nnc(NC(C)=O)s1. The topological polar surface area (TPSA) is 110 Å². The highest BCUT2D eigenvalue weighted by molar-refractivity contribution is 7.91. The Morgan fingerprint density at radius 2 is 2.16 bits per heavy atom. The Balaban J connectivity index is 2.52. The lowest BCUT2D eigenvalue weighted by atomic mass is 10.5. The minimum atomic E-state index is -3.67. The molecule has 0 aromatic carbocycles. The van der Waals surface area contributed by atoms with Crippen molar-refractivity contribution in [3.8, 4) is 0 Å². The van der Waals surface area contributed by atoms with Crippen LogP contribution in [-0.2, 0) is 19.6 Å². The molecule has 1 aromatic rings. The van der Waals surface area contributed by atoms with Gasteiger partial charge in [0, 0.05) is 26.7 Å². The number of nitrogens with one attached hydrogen (secondary N) is 2. The molecular formula is C9H16N4O4S2. The van der Waals surface area contributed by atoms with Crippen molar-refractivity contribution in [2.24, 2.45) is 0 Å². The summed E-state index contributed by atoms with van der Waals surface area (Å²) in [5.74, 6) is -0.329. The third-order valence-corrected chi connectivity index (χ3v) is 4.55. The van der Waals surface area contributed by atoms with E-state index in [4.69, 9.17) is 4.74 Å². The highest BCUT2D eigenvalue weighted by atomic mass is 32.2. The first-order chi connectivity index (χ1) is 8.95. The number of anilines is 1. The summed E-state index contributed by atoms with van der Waals surface area (Å²) in [6.07, 6.45) is 0.574. The number of amides is 1. The summed E-state index contributed by atoms with van der Waals surface area (Å²) < 4.78 is 30.9. The molecule has 0 aliphatic carbocycles. The van der Waals surface area contributed by atoms with Crippen molar-refractivity contribution >= 4 is 32.4 Å². The number of rotatable bonds is 8. The Hall–Kier alpha value is -1.10. The van der Waals surface area contributed by atoms with Gasteiger partial charge >= 0.3 is 0 Å². The van der Waals surface area contributed by atoms with E-state index in [0.717, 1.165) is 11.3 Å². The van der Waals surface area contributed by atoms with E-state index in [1.165, 1.54) is 6.92 Å². The van der Waals surface area contributed by atoms with E-state index in [1.54, 1.807) is 0 Å². The Morgan fingerprint density at radius 3 is 2.79 bits per heavy atom. The zero-order valence-electron chi connectivity index (χ0n) is 10.7. The van der Waals surface area contributed by atoms with Crippen LogP contribution in [0.2, 0.25) is 0 Å². The van der Waals surface area contributed by atoms with Gasteiger partial charge in [0.2, 0.25) is 15.4 Å². The fraction of sp³-hybridized carbons (Fsp3) is 0.667. The monoisotopic (exact) mass is 308 g/mol. The van der Waals surface area contributed by atoms with Crippen molar-refractivity contribution in [2.75, 3.05) is 25.1 Å². The van der Waals surface area contributed by atoms with Crippen LogP contribution in [0.1, 0.15) is 20.3 Å². The number of carbonyl (C=O) groups is 1. The van der Waals surface area contributed by atoms with E-state index in [9.17, 15) is 13.2 Å². The maximum Gasteiger partial charge on any atom is 0.269 e. The van der Waals surface area contributed by atoms with Crippen molar-refractivity contribution in [3.05, 3.63) is 0 Å². The zero-order chi connectivity index (χ0) is 14.3. The molecule has 2 N–H and O–H groups in total. The molecule has 0 aliphatic heterocycles. The third kappa shape index (κ3) is 5.59. The van der Waals surface area contributed by atoms with E-state index in [-0.39, 0.29) is 21.9 Å². The van der Waals surface area contributed by atoms with Crippen LogP contribution in [-0.4, -0.2) is 44.3 Å². The van der Waals surface area contributed by atoms with Crippen molar-refractivity contribution in [2.45, 2.75) is 24.6 Å². The second kappa shape index (κ2) is 7.48. The van der Waals surface area contributed by atoms with E-state index in [0.29, 0.717) is 19.6 Å². The molecule has 0 atom stereocenters. The first kappa shape index (κ1) is 16.0. The minimum absolute atomic E-state index is 0.155. The molecule has 0 bridgehead atoms. The van der Waals surface area contributed by atoms with Crippen molar-refractivity contribution in [1.82, 2.24) is 14.9 Å². The molecule has 0 fully saturated rings. The molecule has 0 radical (unpaired) electrons. The minimum Gasteiger partial charge on any atom is -0.382 e. The number of aromatic nitrogens is 2. The maximum atomic E-state index is 11.8. The lowest BCUT2D eigenvalue weighted by Crippen LogP contribution is -2.25. The standard InChI is InChI=1S/C9H16N4O4S2/c1-3-17-6-4-5-10-19(15,16)9-13-12-8(18-9)11-7(2)14/h10H,3-6H2,1-2H3,(H,11,12,14). The smallest absolute Gasteiger partial charge is 0.269 e. The van der Waals surface area contributed by atoms with Crippen LogP contribution in [0.4, 0.5) is 5.13 Å². The molecular weight excluding hydrogens is 292 g/mol. The van der Waals surface area contributed by atoms with Crippen LogP contribution in [0.3, 0.4) is 0 Å². The predicted molar refractivity (Wildman–Crippen MR) is 70.5 cm³/mol. The summed E-state index contributed by atoms with van der Waals surface area (Å²) in [7, 11) is -3.67. The molecule has 1 aromatic heterocycles. The van der Waals surface area contributed by atoms with Gasteiger partial charge in [-0.25, -0.2) is 13.1 Å². The largest absolute Gasteiger partial charge is 0.382 e. The van der Waals surface area contributed by atoms with Gasteiger partial charge in [-0.15, -0.1) is 10.2 Å². The van der Waals surface area contributed by atoms with Crippen molar-refractivity contribution in [3.63, 3.8) is 0 Å². The Kier molecular flexibility index (Phi) is 6.28. The summed E-state index contributed by atoms with van der Waals surface area (Å²) in [5, 5.41) is 9.63. The lowest BCUT2D eigenvalue weighted by Gasteiger charge is -2.03. The summed E-state index contributed by atoms with van der Waals surface area (Å²) in [6, 6.07) is 0. The van der Waals surface area contributed by atoms with Crippen molar-refractivity contribution < 1.29 is 17.9 Å². The summed E-state index contributed by atoms with van der Waals surface area (Å²) >= 11 is 0.801. The second-order valence-electron chi connectivity index (χ2n) is 3.50. The van der Waals surface area contributed by atoms with E-state index < -0.39 is 10.0 Å². The van der Waals surface area contributed by atoms with Gasteiger partial charge in [0.15, 0.2) is 0 Å². The lowest BCUT2D eigenvalue weighted by molar-refractivity contribution is -0.114. The maximum absolute atomic E-state index is 11.8. The highest BCUT2D eigenvalue weighted by Gasteiger charge is 2.19. The van der Waals surface area contributed by atoms with Crippen LogP contribution in [0.15, 0.2) is 4.34 Å². The molecule has 8 nitrogen and oxygen atoms in total. The quantitative estimate of drug-likeness (QED) is 0.524. The number of carbonyl (C=O) groups excluding carboxylic acids is 1. The number of hydrogen-bond donors (Lipinski definition) is 2. The van der Waals surface area contributed by atoms with Gasteiger partial charge in [0.05, 0.1) is 0 Å². The Labute approximate surface area is 115 Å². The molecule has 108 valence electrons.